The van der Waals surface area contributed by atoms with Gasteiger partial charge in [-0.1, -0.05) is 17.7 Å². The van der Waals surface area contributed by atoms with E-state index in [9.17, 15) is 13.6 Å². The van der Waals surface area contributed by atoms with Crippen LogP contribution in [0.2, 0.25) is 5.02 Å². The van der Waals surface area contributed by atoms with Crippen molar-refractivity contribution in [3.8, 4) is 22.9 Å². The van der Waals surface area contributed by atoms with Crippen molar-refractivity contribution in [2.75, 3.05) is 0 Å². The first kappa shape index (κ1) is 26.8. The second kappa shape index (κ2) is 9.91. The van der Waals surface area contributed by atoms with Gasteiger partial charge >= 0.3 is 6.55 Å². The summed E-state index contributed by atoms with van der Waals surface area (Å²) in [7, 11) is 0. The highest BCUT2D eigenvalue weighted by atomic mass is 35.5. The van der Waals surface area contributed by atoms with Gasteiger partial charge in [0.2, 0.25) is 0 Å². The number of halogens is 4. The molecule has 0 aliphatic heterocycles. The molecule has 0 bridgehead atoms. The highest BCUT2D eigenvalue weighted by Gasteiger charge is 2.44. The zero-order valence-corrected chi connectivity index (χ0v) is 23.1. The summed E-state index contributed by atoms with van der Waals surface area (Å²) in [6, 6.07) is 5.04. The van der Waals surface area contributed by atoms with Crippen molar-refractivity contribution >= 4 is 11.6 Å². The minimum absolute atomic E-state index is 0.0380. The molecular weight excluding hydrogens is 559 g/mol. The van der Waals surface area contributed by atoms with Gasteiger partial charge in [-0.3, -0.25) is 14.3 Å². The van der Waals surface area contributed by atoms with Crippen LogP contribution in [-0.2, 0) is 0 Å². The van der Waals surface area contributed by atoms with E-state index in [1.165, 1.54) is 18.6 Å². The van der Waals surface area contributed by atoms with E-state index in [4.69, 9.17) is 11.6 Å². The monoisotopic (exact) mass is 581 g/mol. The summed E-state index contributed by atoms with van der Waals surface area (Å²) in [6.07, 6.45) is 4.69. The lowest BCUT2D eigenvalue weighted by molar-refractivity contribution is 0.0565. The molecule has 10 nitrogen and oxygen atoms in total. The molecule has 210 valence electrons. The Hall–Kier alpha value is -4.39. The predicted molar refractivity (Wildman–Crippen MR) is 143 cm³/mol. The van der Waals surface area contributed by atoms with Crippen molar-refractivity contribution in [1.29, 1.82) is 0 Å². The predicted octanol–water partition coefficient (Wildman–Crippen LogP) is 5.16. The molecule has 0 amide bonds. The van der Waals surface area contributed by atoms with Crippen molar-refractivity contribution < 1.29 is 13.2 Å². The Balaban J connectivity index is 1.39. The molecule has 1 fully saturated rings. The van der Waals surface area contributed by atoms with E-state index in [1.54, 1.807) is 50.6 Å². The fourth-order valence-electron chi connectivity index (χ4n) is 5.08. The first-order valence-electron chi connectivity index (χ1n) is 12.7. The molecular formula is C27H23ClF3N9O. The Morgan fingerprint density at radius 2 is 1.80 bits per heavy atom. The summed E-state index contributed by atoms with van der Waals surface area (Å²) in [5.41, 5.74) is 0.848. The van der Waals surface area contributed by atoms with E-state index in [1.807, 2.05) is 0 Å². The summed E-state index contributed by atoms with van der Waals surface area (Å²) in [5, 5.41) is 7.86. The van der Waals surface area contributed by atoms with Crippen molar-refractivity contribution in [3.05, 3.63) is 92.3 Å². The van der Waals surface area contributed by atoms with Crippen molar-refractivity contribution in [3.63, 3.8) is 0 Å². The van der Waals surface area contributed by atoms with Crippen molar-refractivity contribution in [2.45, 2.75) is 52.5 Å². The lowest BCUT2D eigenvalue weighted by Gasteiger charge is -2.17. The molecule has 41 heavy (non-hydrogen) atoms. The number of rotatable bonds is 6. The molecule has 0 spiro atoms. The topological polar surface area (TPSA) is 109 Å². The number of alkyl halides is 2. The Morgan fingerprint density at radius 3 is 2.49 bits per heavy atom. The van der Waals surface area contributed by atoms with E-state index < -0.39 is 17.9 Å². The zero-order valence-electron chi connectivity index (χ0n) is 22.3. The van der Waals surface area contributed by atoms with Crippen LogP contribution in [-0.4, -0.2) is 44.1 Å². The van der Waals surface area contributed by atoms with Gasteiger partial charge in [0.15, 0.2) is 11.6 Å². The maximum Gasteiger partial charge on any atom is 0.333 e. The first-order valence-corrected chi connectivity index (χ1v) is 13.1. The molecule has 0 aromatic carbocycles. The molecule has 0 radical (unpaired) electrons. The molecule has 5 heterocycles. The average Bonchev–Trinajstić information content (AvgIpc) is 3.41. The highest BCUT2D eigenvalue weighted by molar-refractivity contribution is 6.31. The average molecular weight is 582 g/mol. The van der Waals surface area contributed by atoms with Crippen LogP contribution in [0, 0.1) is 33.5 Å². The molecule has 2 atom stereocenters. The molecule has 0 unspecified atom stereocenters. The van der Waals surface area contributed by atoms with Gasteiger partial charge in [-0.15, -0.1) is 5.10 Å². The summed E-state index contributed by atoms with van der Waals surface area (Å²) in [4.78, 5) is 31.2. The van der Waals surface area contributed by atoms with E-state index in [0.29, 0.717) is 45.4 Å². The number of aromatic nitrogens is 9. The molecule has 5 aromatic heterocycles. The Morgan fingerprint density at radius 1 is 1.02 bits per heavy atom. The van der Waals surface area contributed by atoms with Gasteiger partial charge in [0.1, 0.15) is 28.2 Å². The number of hydrogen-bond acceptors (Lipinski definition) is 7. The van der Waals surface area contributed by atoms with Gasteiger partial charge in [0.05, 0.1) is 23.3 Å². The Labute approximate surface area is 236 Å². The van der Waals surface area contributed by atoms with E-state index in [-0.39, 0.29) is 39.8 Å². The second-order valence-corrected chi connectivity index (χ2v) is 10.3. The molecule has 1 aliphatic rings. The minimum Gasteiger partial charge on any atom is -0.267 e. The molecule has 1 aliphatic carbocycles. The lowest BCUT2D eigenvalue weighted by Crippen LogP contribution is -2.26. The summed E-state index contributed by atoms with van der Waals surface area (Å²) < 4.78 is 45.4. The van der Waals surface area contributed by atoms with Crippen LogP contribution in [0.15, 0.2) is 41.6 Å². The van der Waals surface area contributed by atoms with Gasteiger partial charge in [-0.05, 0) is 63.3 Å². The quantitative estimate of drug-likeness (QED) is 0.272. The van der Waals surface area contributed by atoms with Crippen LogP contribution in [0.3, 0.4) is 0 Å². The molecule has 0 N–H and O–H groups in total. The molecule has 1 saturated carbocycles. The SMILES string of the molecule is Cc1nc(C)n(-c2cccc(-c3ncc(C)c(-n4c(C)nc([C@H]5C[C@@H]5c5cnn(C(F)F)c5)c(Cl)c4=O)c3F)n2)n1. The van der Waals surface area contributed by atoms with E-state index in [0.717, 1.165) is 4.57 Å². The largest absolute Gasteiger partial charge is 0.333 e. The second-order valence-electron chi connectivity index (χ2n) is 9.93. The van der Waals surface area contributed by atoms with Crippen LogP contribution in [0.4, 0.5) is 13.2 Å². The van der Waals surface area contributed by atoms with E-state index in [2.05, 4.69) is 30.1 Å². The fourth-order valence-corrected chi connectivity index (χ4v) is 5.35. The fraction of sp³-hybridized carbons (Fsp3) is 0.296. The van der Waals surface area contributed by atoms with Gasteiger partial charge in [-0.25, -0.2) is 24.0 Å². The van der Waals surface area contributed by atoms with Crippen LogP contribution in [0.5, 0.6) is 0 Å². The van der Waals surface area contributed by atoms with Gasteiger partial charge < -0.3 is 0 Å². The molecule has 14 heteroatoms. The number of hydrogen-bond donors (Lipinski definition) is 0. The smallest absolute Gasteiger partial charge is 0.267 e. The van der Waals surface area contributed by atoms with Crippen molar-refractivity contribution in [2.24, 2.45) is 0 Å². The van der Waals surface area contributed by atoms with Crippen LogP contribution in [0.1, 0.15) is 59.1 Å². The standard InChI is InChI=1S/C27H23ClF3N9O/c1-12-9-32-24(19-6-5-7-20(36-19)40-15(4)34-13(2)37-40)22(29)25(12)39-14(3)35-23(21(28)26(39)41)18-8-17(18)16-10-33-38(11-16)27(30)31/h5-7,9-11,17-18,27H,8H2,1-4H3/t17-,18+/m1/s1. The summed E-state index contributed by atoms with van der Waals surface area (Å²) >= 11 is 6.53. The third-order valence-electron chi connectivity index (χ3n) is 7.08. The van der Waals surface area contributed by atoms with Gasteiger partial charge in [-0.2, -0.15) is 18.6 Å². The summed E-state index contributed by atoms with van der Waals surface area (Å²) in [5.74, 6) is 0.689. The minimum atomic E-state index is -2.74. The molecule has 5 aromatic rings. The Bertz CT molecular complexity index is 1880. The molecule has 6 rings (SSSR count). The van der Waals surface area contributed by atoms with Crippen LogP contribution < -0.4 is 5.56 Å². The zero-order chi connectivity index (χ0) is 29.2. The maximum atomic E-state index is 16.2. The van der Waals surface area contributed by atoms with Crippen LogP contribution in [0.25, 0.3) is 22.9 Å². The molecule has 0 saturated heterocycles. The maximum absolute atomic E-state index is 16.2. The van der Waals surface area contributed by atoms with Gasteiger partial charge in [0, 0.05) is 18.3 Å². The van der Waals surface area contributed by atoms with Crippen molar-refractivity contribution in [1.82, 2.24) is 44.1 Å². The number of nitrogens with zero attached hydrogens (tertiary/aromatic N) is 9. The van der Waals surface area contributed by atoms with E-state index >= 15 is 4.39 Å². The Kier molecular flexibility index (Phi) is 6.48. The third kappa shape index (κ3) is 4.59. The lowest BCUT2D eigenvalue weighted by atomic mass is 10.1. The summed E-state index contributed by atoms with van der Waals surface area (Å²) in [6.45, 7) is 4.02. The van der Waals surface area contributed by atoms with Gasteiger partial charge in [0.25, 0.3) is 5.56 Å². The highest BCUT2D eigenvalue weighted by Crippen LogP contribution is 2.55. The number of aryl methyl sites for hydroxylation is 4. The normalized spacial score (nSPS) is 16.5. The van der Waals surface area contributed by atoms with Crippen LogP contribution >= 0.6 is 11.6 Å². The third-order valence-corrected chi connectivity index (χ3v) is 7.44. The first-order chi connectivity index (χ1) is 19.5. The number of pyridine rings is 2.